The molecule has 0 aliphatic heterocycles. The Bertz CT molecular complexity index is 627. The van der Waals surface area contributed by atoms with Gasteiger partial charge in [-0.2, -0.15) is 0 Å². The zero-order valence-electron chi connectivity index (χ0n) is 12.7. The van der Waals surface area contributed by atoms with Crippen molar-refractivity contribution in [3.63, 3.8) is 0 Å². The predicted molar refractivity (Wildman–Crippen MR) is 83.8 cm³/mol. The third-order valence-corrected chi connectivity index (χ3v) is 4.67. The molecule has 7 heteroatoms. The molecule has 0 atom stereocenters. The first-order valence-corrected chi connectivity index (χ1v) is 8.18. The molecular formula is C16H19ClN2O4. The van der Waals surface area contributed by atoms with Crippen molar-refractivity contribution < 1.29 is 19.4 Å². The molecule has 0 radical (unpaired) electrons. The minimum Gasteiger partial charge on any atom is -0.481 e. The molecular weight excluding hydrogens is 320 g/mol. The number of amides is 1. The predicted octanol–water partition coefficient (Wildman–Crippen LogP) is 2.65. The van der Waals surface area contributed by atoms with Gasteiger partial charge in [0.05, 0.1) is 24.1 Å². The molecule has 2 aliphatic carbocycles. The van der Waals surface area contributed by atoms with E-state index in [4.69, 9.17) is 21.4 Å². The van der Waals surface area contributed by atoms with Crippen LogP contribution in [0.15, 0.2) is 12.3 Å². The number of nitrogens with zero attached hydrogens (tertiary/aromatic N) is 1. The highest BCUT2D eigenvalue weighted by molar-refractivity contribution is 6.32. The van der Waals surface area contributed by atoms with Gasteiger partial charge in [0.2, 0.25) is 5.88 Å². The van der Waals surface area contributed by atoms with Gasteiger partial charge >= 0.3 is 5.97 Å². The van der Waals surface area contributed by atoms with Gasteiger partial charge in [-0.3, -0.25) is 9.59 Å². The highest BCUT2D eigenvalue weighted by Crippen LogP contribution is 2.35. The fraction of sp³-hybridized carbons (Fsp3) is 0.562. The van der Waals surface area contributed by atoms with Gasteiger partial charge in [0.15, 0.2) is 0 Å². The zero-order valence-corrected chi connectivity index (χ0v) is 13.4. The third kappa shape index (κ3) is 3.93. The van der Waals surface area contributed by atoms with Crippen LogP contribution < -0.4 is 10.1 Å². The van der Waals surface area contributed by atoms with Gasteiger partial charge in [-0.15, -0.1) is 0 Å². The van der Waals surface area contributed by atoms with E-state index in [2.05, 4.69) is 10.3 Å². The molecule has 1 aromatic heterocycles. The van der Waals surface area contributed by atoms with E-state index in [-0.39, 0.29) is 12.3 Å². The number of pyridine rings is 1. The number of hydrogen-bond acceptors (Lipinski definition) is 4. The first-order valence-electron chi connectivity index (χ1n) is 7.80. The maximum atomic E-state index is 12.3. The van der Waals surface area contributed by atoms with Crippen molar-refractivity contribution >= 4 is 23.5 Å². The molecule has 0 saturated heterocycles. The molecule has 0 bridgehead atoms. The van der Waals surface area contributed by atoms with Crippen molar-refractivity contribution in [2.24, 2.45) is 5.92 Å². The Labute approximate surface area is 139 Å². The summed E-state index contributed by atoms with van der Waals surface area (Å²) >= 11 is 6.12. The van der Waals surface area contributed by atoms with Crippen molar-refractivity contribution in [1.29, 1.82) is 0 Å². The highest BCUT2D eigenvalue weighted by Gasteiger charge is 2.40. The van der Waals surface area contributed by atoms with Gasteiger partial charge in [-0.1, -0.05) is 11.6 Å². The van der Waals surface area contributed by atoms with Crippen LogP contribution in [0.25, 0.3) is 0 Å². The topological polar surface area (TPSA) is 88.5 Å². The second-order valence-electron chi connectivity index (χ2n) is 6.42. The normalized spacial score (nSPS) is 18.8. The summed E-state index contributed by atoms with van der Waals surface area (Å²) in [6, 6.07) is 1.51. The Morgan fingerprint density at radius 3 is 2.70 bits per heavy atom. The molecule has 0 spiro atoms. The monoisotopic (exact) mass is 338 g/mol. The number of aliphatic carboxylic acids is 1. The molecule has 2 N–H and O–H groups in total. The average Bonchev–Trinajstić information content (AvgIpc) is 3.27. The average molecular weight is 339 g/mol. The summed E-state index contributed by atoms with van der Waals surface area (Å²) in [5.41, 5.74) is -0.332. The van der Waals surface area contributed by atoms with Gasteiger partial charge in [-0.05, 0) is 44.1 Å². The molecule has 0 aromatic carbocycles. The summed E-state index contributed by atoms with van der Waals surface area (Å²) in [6.45, 7) is 0.597. The van der Waals surface area contributed by atoms with Crippen molar-refractivity contribution in [3.05, 3.63) is 22.8 Å². The summed E-state index contributed by atoms with van der Waals surface area (Å²) in [5, 5.41) is 12.1. The van der Waals surface area contributed by atoms with Gasteiger partial charge in [0.25, 0.3) is 5.91 Å². The molecule has 1 heterocycles. The van der Waals surface area contributed by atoms with Gasteiger partial charge in [-0.25, -0.2) is 4.98 Å². The second-order valence-corrected chi connectivity index (χ2v) is 6.83. The van der Waals surface area contributed by atoms with E-state index in [1.165, 1.54) is 25.1 Å². The van der Waals surface area contributed by atoms with Crippen LogP contribution in [0, 0.1) is 5.92 Å². The van der Waals surface area contributed by atoms with E-state index in [1.54, 1.807) is 0 Å². The fourth-order valence-electron chi connectivity index (χ4n) is 2.69. The van der Waals surface area contributed by atoms with Crippen molar-refractivity contribution in [2.75, 3.05) is 6.61 Å². The fourth-order valence-corrected chi connectivity index (χ4v) is 2.91. The smallest absolute Gasteiger partial charge is 0.305 e. The lowest BCUT2D eigenvalue weighted by Gasteiger charge is -2.41. The molecule has 0 unspecified atom stereocenters. The van der Waals surface area contributed by atoms with Gasteiger partial charge in [0.1, 0.15) is 5.02 Å². The third-order valence-electron chi connectivity index (χ3n) is 4.40. The standard InChI is InChI=1S/C16H19ClN2O4/c17-12-6-11(8-18-15(12)23-9-10-2-3-10)14(22)19-16(4-1-5-16)7-13(20)21/h6,8,10H,1-5,7,9H2,(H,19,22)(H,20,21). The molecule has 2 aliphatic rings. The van der Waals surface area contributed by atoms with Gasteiger partial charge < -0.3 is 15.2 Å². The Kier molecular flexibility index (Phi) is 4.43. The number of carbonyl (C=O) groups is 2. The van der Waals surface area contributed by atoms with Gasteiger partial charge in [0, 0.05) is 6.20 Å². The Hall–Kier alpha value is -1.82. The number of carboxylic acids is 1. The lowest BCUT2D eigenvalue weighted by atomic mass is 9.74. The maximum absolute atomic E-state index is 12.3. The number of carbonyl (C=O) groups excluding carboxylic acids is 1. The number of carboxylic acid groups (broad SMARTS) is 1. The van der Waals surface area contributed by atoms with E-state index < -0.39 is 11.5 Å². The quantitative estimate of drug-likeness (QED) is 0.798. The van der Waals surface area contributed by atoms with Crippen LogP contribution in [0.1, 0.15) is 48.9 Å². The summed E-state index contributed by atoms with van der Waals surface area (Å²) < 4.78 is 5.53. The molecule has 6 nitrogen and oxygen atoms in total. The van der Waals surface area contributed by atoms with Crippen LogP contribution in [0.5, 0.6) is 5.88 Å². The highest BCUT2D eigenvalue weighted by atomic mass is 35.5. The largest absolute Gasteiger partial charge is 0.481 e. The van der Waals surface area contributed by atoms with Crippen LogP contribution in [0.2, 0.25) is 5.02 Å². The summed E-state index contributed by atoms with van der Waals surface area (Å²) in [7, 11) is 0. The lowest BCUT2D eigenvalue weighted by Crippen LogP contribution is -2.54. The summed E-state index contributed by atoms with van der Waals surface area (Å²) in [6.07, 6.45) is 5.96. The summed E-state index contributed by atoms with van der Waals surface area (Å²) in [5.74, 6) is -0.344. The van der Waals surface area contributed by atoms with E-state index in [9.17, 15) is 9.59 Å². The zero-order chi connectivity index (χ0) is 16.4. The van der Waals surface area contributed by atoms with Crippen molar-refractivity contribution in [3.8, 4) is 5.88 Å². The summed E-state index contributed by atoms with van der Waals surface area (Å²) in [4.78, 5) is 27.4. The molecule has 2 saturated carbocycles. The SMILES string of the molecule is O=C(O)CC1(NC(=O)c2cnc(OCC3CC3)c(Cl)c2)CCC1. The molecule has 3 rings (SSSR count). The van der Waals surface area contributed by atoms with Crippen molar-refractivity contribution in [1.82, 2.24) is 10.3 Å². The molecule has 2 fully saturated rings. The van der Waals surface area contributed by atoms with Crippen LogP contribution >= 0.6 is 11.6 Å². The maximum Gasteiger partial charge on any atom is 0.305 e. The Morgan fingerprint density at radius 2 is 2.17 bits per heavy atom. The van der Waals surface area contributed by atoms with Crippen molar-refractivity contribution in [2.45, 2.75) is 44.1 Å². The van der Waals surface area contributed by atoms with E-state index >= 15 is 0 Å². The van der Waals surface area contributed by atoms with E-state index in [0.717, 1.165) is 6.42 Å². The number of hydrogen-bond donors (Lipinski definition) is 2. The van der Waals surface area contributed by atoms with Crippen LogP contribution in [0.4, 0.5) is 0 Å². The Balaban J connectivity index is 1.64. The number of halogens is 1. The molecule has 124 valence electrons. The first kappa shape index (κ1) is 16.1. The van der Waals surface area contributed by atoms with Crippen LogP contribution in [0.3, 0.4) is 0 Å². The van der Waals surface area contributed by atoms with E-state index in [1.807, 2.05) is 0 Å². The van der Waals surface area contributed by atoms with Crippen LogP contribution in [-0.4, -0.2) is 34.1 Å². The molecule has 1 aromatic rings. The lowest BCUT2D eigenvalue weighted by molar-refractivity contribution is -0.139. The molecule has 23 heavy (non-hydrogen) atoms. The van der Waals surface area contributed by atoms with Crippen LogP contribution in [-0.2, 0) is 4.79 Å². The van der Waals surface area contributed by atoms with E-state index in [0.29, 0.717) is 41.8 Å². The number of rotatable bonds is 7. The first-order chi connectivity index (χ1) is 11.0. The number of aromatic nitrogens is 1. The number of ether oxygens (including phenoxy) is 1. The molecule has 1 amide bonds. The number of nitrogens with one attached hydrogen (secondary N) is 1. The second kappa shape index (κ2) is 6.35. The Morgan fingerprint density at radius 1 is 1.43 bits per heavy atom. The minimum absolute atomic E-state index is 0.0670. The minimum atomic E-state index is -0.912.